The molecule has 0 aromatic rings. The lowest BCUT2D eigenvalue weighted by Crippen LogP contribution is -1.82. The summed E-state index contributed by atoms with van der Waals surface area (Å²) in [7, 11) is -2.92. The summed E-state index contributed by atoms with van der Waals surface area (Å²) >= 11 is 21.1. The average Bonchev–Trinajstić information content (AvgIpc) is 1.27. The summed E-state index contributed by atoms with van der Waals surface area (Å²) < 4.78 is 0. The normalized spacial score (nSPS) is 7.43. The number of halogens is 4. The van der Waals surface area contributed by atoms with Crippen LogP contribution in [0.4, 0.5) is 0 Å². The van der Waals surface area contributed by atoms with Crippen LogP contribution in [-0.4, -0.2) is 19.0 Å². The maximum Gasteiger partial charge on any atom is 0.277 e. The Bertz CT molecular complexity index is 102. The van der Waals surface area contributed by atoms with Crippen LogP contribution >= 0.6 is 44.3 Å². The molecule has 0 rings (SSSR count). The molecular formula is CCl4Si2. The van der Waals surface area contributed by atoms with Crippen molar-refractivity contribution in [2.75, 3.05) is 0 Å². The molecule has 0 N–H and O–H groups in total. The molecule has 0 radical (unpaired) electrons. The molecule has 0 aromatic heterocycles. The van der Waals surface area contributed by atoms with Gasteiger partial charge in [-0.2, -0.15) is 0 Å². The lowest BCUT2D eigenvalue weighted by Gasteiger charge is -1.66. The van der Waals surface area contributed by atoms with Gasteiger partial charge in [0.2, 0.25) is 0 Å². The van der Waals surface area contributed by atoms with E-state index in [0.29, 0.717) is 0 Å². The third-order valence-electron chi connectivity index (χ3n) is 0.189. The van der Waals surface area contributed by atoms with E-state index in [0.717, 1.165) is 0 Å². The Morgan fingerprint density at radius 2 is 1.14 bits per heavy atom. The van der Waals surface area contributed by atoms with E-state index in [9.17, 15) is 0 Å². The quantitative estimate of drug-likeness (QED) is 0.421. The first-order chi connectivity index (χ1) is 3.13. The van der Waals surface area contributed by atoms with Crippen LogP contribution in [0.2, 0.25) is 0 Å². The van der Waals surface area contributed by atoms with Crippen LogP contribution in [0.1, 0.15) is 0 Å². The van der Waals surface area contributed by atoms with Crippen molar-refractivity contribution in [2.24, 2.45) is 0 Å². The highest BCUT2D eigenvalue weighted by Gasteiger charge is 1.83. The molecule has 0 unspecified atom stereocenters. The van der Waals surface area contributed by atoms with Crippen molar-refractivity contribution in [3.63, 3.8) is 0 Å². The molecule has 6 heteroatoms. The van der Waals surface area contributed by atoms with Gasteiger partial charge in [-0.15, -0.1) is 49.2 Å². The number of hydrogen-bond donors (Lipinski definition) is 0. The topological polar surface area (TPSA) is 0 Å². The number of hydrogen-bond acceptors (Lipinski definition) is 0. The minimum atomic E-state index is -1.46. The van der Waals surface area contributed by atoms with E-state index >= 15 is 0 Å². The van der Waals surface area contributed by atoms with E-state index in [2.05, 4.69) is 4.92 Å². The second-order valence-electron chi connectivity index (χ2n) is 0.646. The fourth-order valence-electron chi connectivity index (χ4n) is 0.0714. The van der Waals surface area contributed by atoms with Gasteiger partial charge in [0, 0.05) is 0 Å². The van der Waals surface area contributed by atoms with Gasteiger partial charge in [-0.3, -0.25) is 0 Å². The molecule has 0 aliphatic rings. The molecule has 0 fully saturated rings. The smallest absolute Gasteiger partial charge is 0.123 e. The van der Waals surface area contributed by atoms with E-state index in [4.69, 9.17) is 44.3 Å². The molecule has 0 aliphatic carbocycles. The summed E-state index contributed by atoms with van der Waals surface area (Å²) in [4.78, 5) is 2.57. The summed E-state index contributed by atoms with van der Waals surface area (Å²) in [6, 6.07) is 0. The minimum Gasteiger partial charge on any atom is -0.123 e. The summed E-state index contributed by atoms with van der Waals surface area (Å²) in [5.41, 5.74) is 0. The van der Waals surface area contributed by atoms with Gasteiger partial charge in [0.25, 0.3) is 14.1 Å². The molecule has 0 saturated carbocycles. The van der Waals surface area contributed by atoms with E-state index in [1.807, 2.05) is 0 Å². The predicted molar refractivity (Wildman–Crippen MR) is 39.9 cm³/mol. The fourth-order valence-corrected chi connectivity index (χ4v) is 5.79. The highest BCUT2D eigenvalue weighted by Crippen LogP contribution is 1.84. The zero-order valence-corrected chi connectivity index (χ0v) is 8.04. The lowest BCUT2D eigenvalue weighted by molar-refractivity contribution is 3.87. The van der Waals surface area contributed by atoms with Gasteiger partial charge in [-0.1, -0.05) is 0 Å². The van der Waals surface area contributed by atoms with Crippen LogP contribution in [-0.2, 0) is 0 Å². The molecule has 7 heavy (non-hydrogen) atoms. The van der Waals surface area contributed by atoms with Crippen LogP contribution in [0.3, 0.4) is 0 Å². The predicted octanol–water partition coefficient (Wildman–Crippen LogP) is 1.72. The van der Waals surface area contributed by atoms with Crippen LogP contribution in [0.5, 0.6) is 0 Å². The van der Waals surface area contributed by atoms with E-state index in [-0.39, 0.29) is 0 Å². The van der Waals surface area contributed by atoms with Crippen LogP contribution < -0.4 is 0 Å². The van der Waals surface area contributed by atoms with Crippen molar-refractivity contribution in [1.29, 1.82) is 0 Å². The molecule has 0 bridgehead atoms. The maximum atomic E-state index is 5.29. The molecule has 0 saturated heterocycles. The SMILES string of the molecule is Cl[Si](Cl)=C=[Si](Cl)Cl. The van der Waals surface area contributed by atoms with Crippen molar-refractivity contribution >= 4 is 63.3 Å². The minimum absolute atomic E-state index is 1.46. The van der Waals surface area contributed by atoms with Gasteiger partial charge in [-0.25, -0.2) is 0 Å². The Balaban J connectivity index is 4.13. The van der Waals surface area contributed by atoms with Gasteiger partial charge < -0.3 is 0 Å². The number of rotatable bonds is 0. The van der Waals surface area contributed by atoms with Crippen molar-refractivity contribution in [3.05, 3.63) is 0 Å². The Labute approximate surface area is 63.2 Å². The largest absolute Gasteiger partial charge is 0.277 e. The summed E-state index contributed by atoms with van der Waals surface area (Å²) in [6.07, 6.45) is 0. The first kappa shape index (κ1) is 8.37. The molecule has 0 aliphatic heterocycles. The Morgan fingerprint density at radius 1 is 0.857 bits per heavy atom. The molecule has 0 heterocycles. The van der Waals surface area contributed by atoms with Crippen molar-refractivity contribution < 1.29 is 0 Å². The van der Waals surface area contributed by atoms with Crippen molar-refractivity contribution in [1.82, 2.24) is 0 Å². The molecule has 0 atom stereocenters. The van der Waals surface area contributed by atoms with E-state index in [1.54, 1.807) is 0 Å². The third-order valence-corrected chi connectivity index (χ3v) is 5.10. The molecule has 0 nitrogen and oxygen atoms in total. The Kier molecular flexibility index (Phi) is 5.11. The van der Waals surface area contributed by atoms with Gasteiger partial charge in [0.1, 0.15) is 0 Å². The van der Waals surface area contributed by atoms with E-state index < -0.39 is 14.1 Å². The summed E-state index contributed by atoms with van der Waals surface area (Å²) in [6.45, 7) is 0. The average molecular weight is 210 g/mol. The highest BCUT2D eigenvalue weighted by atomic mass is 35.7. The zero-order chi connectivity index (χ0) is 5.86. The van der Waals surface area contributed by atoms with Gasteiger partial charge in [0.15, 0.2) is 0 Å². The highest BCUT2D eigenvalue weighted by molar-refractivity contribution is 7.44. The second kappa shape index (κ2) is 4.27. The molecule has 0 spiro atoms. The van der Waals surface area contributed by atoms with Crippen LogP contribution in [0.15, 0.2) is 0 Å². The van der Waals surface area contributed by atoms with Crippen molar-refractivity contribution in [3.8, 4) is 0 Å². The first-order valence-corrected chi connectivity index (χ1v) is 8.30. The van der Waals surface area contributed by atoms with Crippen molar-refractivity contribution in [2.45, 2.75) is 0 Å². The van der Waals surface area contributed by atoms with Gasteiger partial charge in [0.05, 0.1) is 0 Å². The van der Waals surface area contributed by atoms with Crippen LogP contribution in [0, 0.1) is 0 Å². The molecule has 0 aromatic carbocycles. The standard InChI is InChI=1S/CCl4Si2/c2-6(3)1-7(4)5. The second-order valence-corrected chi connectivity index (χ2v) is 8.38. The fraction of sp³-hybridized carbons (Fsp3) is 0. The Hall–Kier alpha value is 1.37. The first-order valence-electron chi connectivity index (χ1n) is 1.26. The third kappa shape index (κ3) is 7.37. The summed E-state index contributed by atoms with van der Waals surface area (Å²) in [5, 5.41) is 0. The molecule has 0 amide bonds. The van der Waals surface area contributed by atoms with E-state index in [1.165, 1.54) is 0 Å². The maximum absolute atomic E-state index is 5.29. The van der Waals surface area contributed by atoms with Gasteiger partial charge >= 0.3 is 0 Å². The Morgan fingerprint density at radius 3 is 1.14 bits per heavy atom. The molecular weight excluding hydrogens is 210 g/mol. The summed E-state index contributed by atoms with van der Waals surface area (Å²) in [5.74, 6) is 0. The van der Waals surface area contributed by atoms with Crippen LogP contribution in [0.25, 0.3) is 0 Å². The monoisotopic (exact) mass is 208 g/mol. The lowest BCUT2D eigenvalue weighted by atomic mass is 11.9. The molecule has 40 valence electrons. The van der Waals surface area contributed by atoms with Gasteiger partial charge in [-0.05, 0) is 0 Å². The zero-order valence-electron chi connectivity index (χ0n) is 3.01.